The minimum atomic E-state index is -1.82. The third-order valence-corrected chi connectivity index (χ3v) is 4.39. The lowest BCUT2D eigenvalue weighted by Crippen LogP contribution is -2.30. The number of carboxylic acids is 2. The first-order chi connectivity index (χ1) is 11.9. The van der Waals surface area contributed by atoms with Crippen molar-refractivity contribution >= 4 is 35.1 Å². The molecule has 0 aliphatic carbocycles. The third-order valence-electron chi connectivity index (χ3n) is 3.80. The van der Waals surface area contributed by atoms with E-state index in [1.807, 2.05) is 18.2 Å². The van der Waals surface area contributed by atoms with Crippen molar-refractivity contribution in [2.24, 2.45) is 0 Å². The maximum absolute atomic E-state index is 9.10. The first-order valence-corrected chi connectivity index (χ1v) is 8.31. The zero-order valence-corrected chi connectivity index (χ0v) is 14.8. The van der Waals surface area contributed by atoms with E-state index in [4.69, 9.17) is 43.0 Å². The molecule has 2 N–H and O–H groups in total. The van der Waals surface area contributed by atoms with Gasteiger partial charge in [-0.2, -0.15) is 0 Å². The number of rotatable bonds is 2. The van der Waals surface area contributed by atoms with Crippen LogP contribution in [0.4, 0.5) is 0 Å². The molecule has 0 aromatic heterocycles. The summed E-state index contributed by atoms with van der Waals surface area (Å²) in [4.78, 5) is 20.6. The lowest BCUT2D eigenvalue weighted by molar-refractivity contribution is -0.159. The van der Waals surface area contributed by atoms with Gasteiger partial charge in [0.25, 0.3) is 0 Å². The number of nitrogens with zero attached hydrogens (tertiary/aromatic N) is 1. The number of aliphatic carboxylic acids is 2. The van der Waals surface area contributed by atoms with Crippen LogP contribution in [-0.4, -0.2) is 33.6 Å². The van der Waals surface area contributed by atoms with E-state index in [0.717, 1.165) is 36.6 Å². The van der Waals surface area contributed by atoms with Crippen molar-refractivity contribution in [2.75, 3.05) is 6.54 Å². The van der Waals surface area contributed by atoms with Gasteiger partial charge in [-0.25, -0.2) is 9.59 Å². The van der Waals surface area contributed by atoms with Gasteiger partial charge in [0.15, 0.2) is 0 Å². The second-order valence-corrected chi connectivity index (χ2v) is 6.42. The Morgan fingerprint density at radius 2 is 1.64 bits per heavy atom. The lowest BCUT2D eigenvalue weighted by atomic mass is 9.99. The molecule has 1 heterocycles. The molecule has 0 saturated heterocycles. The molecule has 0 amide bonds. The zero-order chi connectivity index (χ0) is 18.4. The van der Waals surface area contributed by atoms with E-state index in [0.29, 0.717) is 5.02 Å². The van der Waals surface area contributed by atoms with Crippen molar-refractivity contribution in [3.05, 3.63) is 69.2 Å². The highest BCUT2D eigenvalue weighted by atomic mass is 35.5. The van der Waals surface area contributed by atoms with Crippen LogP contribution in [0.1, 0.15) is 16.7 Å². The highest BCUT2D eigenvalue weighted by Gasteiger charge is 2.16. The van der Waals surface area contributed by atoms with Crippen molar-refractivity contribution in [2.45, 2.75) is 19.5 Å². The summed E-state index contributed by atoms with van der Waals surface area (Å²) >= 11 is 12.2. The van der Waals surface area contributed by atoms with Gasteiger partial charge >= 0.3 is 11.9 Å². The van der Waals surface area contributed by atoms with Crippen LogP contribution in [0.2, 0.25) is 10.0 Å². The van der Waals surface area contributed by atoms with Gasteiger partial charge in [0.05, 0.1) is 0 Å². The predicted molar refractivity (Wildman–Crippen MR) is 96.0 cm³/mol. The topological polar surface area (TPSA) is 77.8 Å². The number of fused-ring (bicyclic) bond motifs is 1. The van der Waals surface area contributed by atoms with Crippen LogP contribution in [-0.2, 0) is 29.1 Å². The lowest BCUT2D eigenvalue weighted by Gasteiger charge is -2.29. The maximum Gasteiger partial charge on any atom is 0.414 e. The summed E-state index contributed by atoms with van der Waals surface area (Å²) < 4.78 is 0. The summed E-state index contributed by atoms with van der Waals surface area (Å²) in [6, 6.07) is 14.4. The van der Waals surface area contributed by atoms with Crippen LogP contribution in [0.5, 0.6) is 0 Å². The SMILES string of the molecule is Clc1ccc(CN2CCc3ccccc3C2)c(Cl)c1.O=C(O)C(=O)O. The number of hydrogen-bond acceptors (Lipinski definition) is 3. The molecule has 25 heavy (non-hydrogen) atoms. The van der Waals surface area contributed by atoms with Gasteiger partial charge in [0.1, 0.15) is 0 Å². The van der Waals surface area contributed by atoms with E-state index in [9.17, 15) is 0 Å². The number of carbonyl (C=O) groups is 2. The van der Waals surface area contributed by atoms with Gasteiger partial charge in [0, 0.05) is 29.7 Å². The fourth-order valence-corrected chi connectivity index (χ4v) is 3.05. The van der Waals surface area contributed by atoms with Crippen LogP contribution in [0.3, 0.4) is 0 Å². The molecule has 2 aromatic carbocycles. The Kier molecular flexibility index (Phi) is 6.82. The largest absolute Gasteiger partial charge is 0.473 e. The van der Waals surface area contributed by atoms with Crippen molar-refractivity contribution in [3.63, 3.8) is 0 Å². The number of carboxylic acid groups (broad SMARTS) is 2. The molecule has 0 bridgehead atoms. The van der Waals surface area contributed by atoms with Crippen LogP contribution in [0.15, 0.2) is 42.5 Å². The Balaban J connectivity index is 0.000000326. The minimum Gasteiger partial charge on any atom is -0.473 e. The van der Waals surface area contributed by atoms with Crippen LogP contribution >= 0.6 is 23.2 Å². The Morgan fingerprint density at radius 1 is 1.00 bits per heavy atom. The summed E-state index contributed by atoms with van der Waals surface area (Å²) in [5.74, 6) is -3.65. The first-order valence-electron chi connectivity index (χ1n) is 7.56. The molecule has 0 radical (unpaired) electrons. The summed E-state index contributed by atoms with van der Waals surface area (Å²) in [5.41, 5.74) is 4.05. The van der Waals surface area contributed by atoms with E-state index < -0.39 is 11.9 Å². The van der Waals surface area contributed by atoms with Crippen molar-refractivity contribution in [1.29, 1.82) is 0 Å². The Morgan fingerprint density at radius 3 is 2.24 bits per heavy atom. The summed E-state index contributed by atoms with van der Waals surface area (Å²) in [6.07, 6.45) is 1.11. The molecule has 132 valence electrons. The average molecular weight is 382 g/mol. The normalized spacial score (nSPS) is 13.4. The second-order valence-electron chi connectivity index (χ2n) is 5.58. The molecule has 0 unspecified atom stereocenters. The minimum absolute atomic E-state index is 0.692. The van der Waals surface area contributed by atoms with Gasteiger partial charge < -0.3 is 10.2 Å². The van der Waals surface area contributed by atoms with Crippen LogP contribution in [0.25, 0.3) is 0 Å². The van der Waals surface area contributed by atoms with Gasteiger partial charge in [0.2, 0.25) is 0 Å². The summed E-state index contributed by atoms with van der Waals surface area (Å²) in [6.45, 7) is 2.95. The van der Waals surface area contributed by atoms with Gasteiger partial charge in [-0.05, 0) is 35.2 Å². The Hall–Kier alpha value is -2.08. The van der Waals surface area contributed by atoms with Gasteiger partial charge in [-0.1, -0.05) is 53.5 Å². The molecule has 0 saturated carbocycles. The molecule has 1 aliphatic heterocycles. The Bertz CT molecular complexity index is 767. The molecule has 0 spiro atoms. The molecular weight excluding hydrogens is 365 g/mol. The second kappa shape index (κ2) is 8.85. The van der Waals surface area contributed by atoms with Crippen molar-refractivity contribution in [1.82, 2.24) is 4.90 Å². The van der Waals surface area contributed by atoms with E-state index in [-0.39, 0.29) is 0 Å². The summed E-state index contributed by atoms with van der Waals surface area (Å²) in [5, 5.41) is 16.2. The molecule has 3 rings (SSSR count). The van der Waals surface area contributed by atoms with Gasteiger partial charge in [-0.15, -0.1) is 0 Å². The van der Waals surface area contributed by atoms with Gasteiger partial charge in [-0.3, -0.25) is 4.90 Å². The van der Waals surface area contributed by atoms with E-state index >= 15 is 0 Å². The number of hydrogen-bond donors (Lipinski definition) is 2. The average Bonchev–Trinajstić information content (AvgIpc) is 2.58. The van der Waals surface area contributed by atoms with Crippen molar-refractivity contribution in [3.8, 4) is 0 Å². The molecule has 7 heteroatoms. The van der Waals surface area contributed by atoms with E-state index in [1.54, 1.807) is 0 Å². The van der Waals surface area contributed by atoms with Crippen LogP contribution in [0, 0.1) is 0 Å². The first kappa shape index (κ1) is 19.2. The fourth-order valence-electron chi connectivity index (χ4n) is 2.58. The van der Waals surface area contributed by atoms with E-state index in [1.165, 1.54) is 11.1 Å². The number of benzene rings is 2. The highest BCUT2D eigenvalue weighted by Crippen LogP contribution is 2.25. The maximum atomic E-state index is 9.10. The highest BCUT2D eigenvalue weighted by molar-refractivity contribution is 6.35. The fraction of sp³-hybridized carbons (Fsp3) is 0.222. The smallest absolute Gasteiger partial charge is 0.414 e. The Labute approximate surface area is 155 Å². The molecule has 0 atom stereocenters. The standard InChI is InChI=1S/C16H15Cl2N.C2H2O4/c17-15-6-5-14(16(18)9-15)11-19-8-7-12-3-1-2-4-13(12)10-19;3-1(4)2(5)6/h1-6,9H,7-8,10-11H2;(H,3,4)(H,5,6). The van der Waals surface area contributed by atoms with E-state index in [2.05, 4.69) is 29.2 Å². The number of halogens is 2. The predicted octanol–water partition coefficient (Wildman–Crippen LogP) is 3.71. The third kappa shape index (κ3) is 5.74. The zero-order valence-electron chi connectivity index (χ0n) is 13.3. The molecule has 2 aromatic rings. The molecule has 5 nitrogen and oxygen atoms in total. The monoisotopic (exact) mass is 381 g/mol. The molecule has 1 aliphatic rings. The molecule has 0 fully saturated rings. The van der Waals surface area contributed by atoms with Crippen LogP contribution < -0.4 is 0 Å². The summed E-state index contributed by atoms with van der Waals surface area (Å²) in [7, 11) is 0. The molecular formula is C18H17Cl2NO4. The quantitative estimate of drug-likeness (QED) is 0.775. The van der Waals surface area contributed by atoms with Crippen molar-refractivity contribution < 1.29 is 19.8 Å².